The van der Waals surface area contributed by atoms with Crippen LogP contribution < -0.4 is 14.8 Å². The fourth-order valence-electron chi connectivity index (χ4n) is 3.62. The van der Waals surface area contributed by atoms with Crippen LogP contribution in [0.4, 0.5) is 11.4 Å². The summed E-state index contributed by atoms with van der Waals surface area (Å²) in [5.74, 6) is 0.205. The smallest absolute Gasteiger partial charge is 0.271 e. The summed E-state index contributed by atoms with van der Waals surface area (Å²) >= 11 is 3.47. The summed E-state index contributed by atoms with van der Waals surface area (Å²) in [6.45, 7) is 0.317. The van der Waals surface area contributed by atoms with Gasteiger partial charge in [-0.2, -0.15) is 5.26 Å². The molecule has 37 heavy (non-hydrogen) atoms. The number of benzene rings is 4. The molecule has 0 fully saturated rings. The molecule has 1 N–H and O–H groups in total. The zero-order valence-electron chi connectivity index (χ0n) is 19.6. The molecule has 0 bridgehead atoms. The summed E-state index contributed by atoms with van der Waals surface area (Å²) in [4.78, 5) is 23.1. The second-order valence-electron chi connectivity index (χ2n) is 7.93. The summed E-state index contributed by atoms with van der Waals surface area (Å²) in [6.07, 6.45) is 1.40. The third kappa shape index (κ3) is 6.12. The molecule has 0 aliphatic rings. The number of nitrogens with zero attached hydrogens (tertiary/aromatic N) is 2. The molecule has 0 unspecified atom stereocenters. The van der Waals surface area contributed by atoms with Crippen LogP contribution in [-0.2, 0) is 11.4 Å². The average Bonchev–Trinajstić information content (AvgIpc) is 2.91. The van der Waals surface area contributed by atoms with Crippen LogP contribution >= 0.6 is 15.9 Å². The molecule has 184 valence electrons. The van der Waals surface area contributed by atoms with E-state index in [0.717, 1.165) is 16.3 Å². The van der Waals surface area contributed by atoms with Crippen molar-refractivity contribution in [1.29, 1.82) is 5.26 Å². The molecule has 0 heterocycles. The Morgan fingerprint density at radius 2 is 1.84 bits per heavy atom. The van der Waals surface area contributed by atoms with Crippen LogP contribution in [0.1, 0.15) is 11.1 Å². The van der Waals surface area contributed by atoms with Crippen LogP contribution in [0.5, 0.6) is 11.5 Å². The van der Waals surface area contributed by atoms with E-state index in [1.54, 1.807) is 12.1 Å². The Balaban J connectivity index is 1.53. The van der Waals surface area contributed by atoms with Crippen LogP contribution in [0.25, 0.3) is 16.8 Å². The van der Waals surface area contributed by atoms with Crippen molar-refractivity contribution in [3.8, 4) is 17.6 Å². The molecule has 4 aromatic rings. The number of fused-ring (bicyclic) bond motifs is 1. The highest BCUT2D eigenvalue weighted by atomic mass is 79.9. The summed E-state index contributed by atoms with van der Waals surface area (Å²) in [6, 6.07) is 24.9. The van der Waals surface area contributed by atoms with Gasteiger partial charge in [0, 0.05) is 22.3 Å². The predicted octanol–water partition coefficient (Wildman–Crippen LogP) is 6.64. The van der Waals surface area contributed by atoms with Crippen molar-refractivity contribution in [2.75, 3.05) is 12.4 Å². The highest BCUT2D eigenvalue weighted by Gasteiger charge is 2.15. The number of non-ortho nitro benzene ring substituents is 1. The number of nitriles is 1. The minimum Gasteiger partial charge on any atom is -0.493 e. The Bertz CT molecular complexity index is 1580. The van der Waals surface area contributed by atoms with Gasteiger partial charge in [0.05, 0.1) is 12.0 Å². The lowest BCUT2D eigenvalue weighted by atomic mass is 10.1. The number of amides is 1. The molecule has 4 aromatic carbocycles. The predicted molar refractivity (Wildman–Crippen MR) is 144 cm³/mol. The maximum Gasteiger partial charge on any atom is 0.271 e. The average molecular weight is 558 g/mol. The standard InChI is InChI=1S/C28H20BrN3O5/c1-36-26-13-21(12-22(16-30)28(33)31-23-7-4-8-24(14-23)32(34)35)25(29)15-27(26)37-17-18-9-10-19-5-2-3-6-20(19)11-18/h2-15H,17H2,1H3,(H,31,33)/b22-12+. The van der Waals surface area contributed by atoms with Gasteiger partial charge in [0.25, 0.3) is 11.6 Å². The SMILES string of the molecule is COc1cc(/C=C(\C#N)C(=O)Nc2cccc([N+](=O)[O-])c2)c(Br)cc1OCc1ccc2ccccc2c1. The molecule has 8 nitrogen and oxygen atoms in total. The number of carbonyl (C=O) groups excluding carboxylic acids is 1. The van der Waals surface area contributed by atoms with E-state index in [0.29, 0.717) is 28.1 Å². The zero-order chi connectivity index (χ0) is 26.4. The summed E-state index contributed by atoms with van der Waals surface area (Å²) in [5.41, 5.74) is 1.34. The minimum atomic E-state index is -0.703. The van der Waals surface area contributed by atoms with Gasteiger partial charge in [-0.15, -0.1) is 0 Å². The molecule has 0 aromatic heterocycles. The van der Waals surface area contributed by atoms with Crippen LogP contribution in [0, 0.1) is 21.4 Å². The molecule has 0 aliphatic heterocycles. The number of hydrogen-bond donors (Lipinski definition) is 1. The zero-order valence-corrected chi connectivity index (χ0v) is 21.2. The Labute approximate surface area is 221 Å². The quantitative estimate of drug-likeness (QED) is 0.112. The molecule has 0 radical (unpaired) electrons. The van der Waals surface area contributed by atoms with Crippen molar-refractivity contribution in [3.05, 3.63) is 110 Å². The van der Waals surface area contributed by atoms with Gasteiger partial charge in [0.2, 0.25) is 0 Å². The maximum absolute atomic E-state index is 12.7. The summed E-state index contributed by atoms with van der Waals surface area (Å²) in [7, 11) is 1.50. The van der Waals surface area contributed by atoms with Gasteiger partial charge >= 0.3 is 0 Å². The van der Waals surface area contributed by atoms with Crippen molar-refractivity contribution in [2.24, 2.45) is 0 Å². The van der Waals surface area contributed by atoms with Crippen LogP contribution in [0.3, 0.4) is 0 Å². The van der Waals surface area contributed by atoms with Gasteiger partial charge in [-0.05, 0) is 52.2 Å². The summed E-state index contributed by atoms with van der Waals surface area (Å²) in [5, 5.41) is 25.3. The Kier molecular flexibility index (Phi) is 7.81. The van der Waals surface area contributed by atoms with E-state index in [1.165, 1.54) is 37.5 Å². The molecule has 9 heteroatoms. The van der Waals surface area contributed by atoms with Crippen molar-refractivity contribution in [3.63, 3.8) is 0 Å². The molecular formula is C28H20BrN3O5. The molecule has 0 aliphatic carbocycles. The van der Waals surface area contributed by atoms with Gasteiger partial charge in [0.15, 0.2) is 11.5 Å². The van der Waals surface area contributed by atoms with Crippen LogP contribution in [0.2, 0.25) is 0 Å². The fourth-order valence-corrected chi connectivity index (χ4v) is 4.06. The lowest BCUT2D eigenvalue weighted by Gasteiger charge is -2.13. The topological polar surface area (TPSA) is 114 Å². The summed E-state index contributed by atoms with van der Waals surface area (Å²) < 4.78 is 12.1. The second kappa shape index (κ2) is 11.4. The van der Waals surface area contributed by atoms with Crippen molar-refractivity contribution >= 4 is 50.1 Å². The van der Waals surface area contributed by atoms with Gasteiger partial charge in [-0.1, -0.05) is 58.4 Å². The first-order chi connectivity index (χ1) is 17.9. The van der Waals surface area contributed by atoms with E-state index in [4.69, 9.17) is 9.47 Å². The largest absolute Gasteiger partial charge is 0.493 e. The number of ether oxygens (including phenoxy) is 2. The molecule has 0 saturated carbocycles. The highest BCUT2D eigenvalue weighted by molar-refractivity contribution is 9.10. The molecule has 0 spiro atoms. The van der Waals surface area contributed by atoms with Crippen LogP contribution in [0.15, 0.2) is 88.9 Å². The number of halogens is 1. The molecular weight excluding hydrogens is 538 g/mol. The molecule has 0 atom stereocenters. The second-order valence-corrected chi connectivity index (χ2v) is 8.78. The van der Waals surface area contributed by atoms with Crippen molar-refractivity contribution < 1.29 is 19.2 Å². The first-order valence-electron chi connectivity index (χ1n) is 11.0. The number of nitrogens with one attached hydrogen (secondary N) is 1. The van der Waals surface area contributed by atoms with Gasteiger partial charge in [-0.3, -0.25) is 14.9 Å². The van der Waals surface area contributed by atoms with Gasteiger partial charge in [0.1, 0.15) is 18.2 Å². The number of methoxy groups -OCH3 is 1. The van der Waals surface area contributed by atoms with Gasteiger partial charge in [-0.25, -0.2) is 0 Å². The van der Waals surface area contributed by atoms with E-state index in [-0.39, 0.29) is 16.9 Å². The van der Waals surface area contributed by atoms with E-state index >= 15 is 0 Å². The number of carbonyl (C=O) groups is 1. The molecule has 0 saturated heterocycles. The lowest BCUT2D eigenvalue weighted by Crippen LogP contribution is -2.13. The lowest BCUT2D eigenvalue weighted by molar-refractivity contribution is -0.384. The normalized spacial score (nSPS) is 11.0. The maximum atomic E-state index is 12.7. The number of nitro benzene ring substituents is 1. The van der Waals surface area contributed by atoms with E-state index in [1.807, 2.05) is 42.5 Å². The monoisotopic (exact) mass is 557 g/mol. The minimum absolute atomic E-state index is 0.174. The van der Waals surface area contributed by atoms with Gasteiger partial charge < -0.3 is 14.8 Å². The van der Waals surface area contributed by atoms with E-state index < -0.39 is 10.8 Å². The van der Waals surface area contributed by atoms with E-state index in [9.17, 15) is 20.2 Å². The number of nitro groups is 1. The first-order valence-corrected chi connectivity index (χ1v) is 11.8. The number of anilines is 1. The third-order valence-corrected chi connectivity index (χ3v) is 6.16. The fraction of sp³-hybridized carbons (Fsp3) is 0.0714. The molecule has 4 rings (SSSR count). The Hall–Kier alpha value is -4.68. The highest BCUT2D eigenvalue weighted by Crippen LogP contribution is 2.35. The number of hydrogen-bond acceptors (Lipinski definition) is 6. The Morgan fingerprint density at radius 1 is 1.05 bits per heavy atom. The van der Waals surface area contributed by atoms with E-state index in [2.05, 4.69) is 27.3 Å². The van der Waals surface area contributed by atoms with Crippen molar-refractivity contribution in [2.45, 2.75) is 6.61 Å². The number of rotatable bonds is 8. The third-order valence-electron chi connectivity index (χ3n) is 5.47. The Morgan fingerprint density at radius 3 is 2.57 bits per heavy atom. The van der Waals surface area contributed by atoms with Crippen molar-refractivity contribution in [1.82, 2.24) is 0 Å². The van der Waals surface area contributed by atoms with Crippen LogP contribution in [-0.4, -0.2) is 17.9 Å². The molecule has 1 amide bonds. The first kappa shape index (κ1) is 25.4.